The lowest BCUT2D eigenvalue weighted by Gasteiger charge is -2.43. The van der Waals surface area contributed by atoms with Crippen LogP contribution in [0.15, 0.2) is 66.9 Å². The van der Waals surface area contributed by atoms with E-state index in [4.69, 9.17) is 0 Å². The maximum Gasteiger partial charge on any atom is 0.0989 e. The molecular weight excluding hydrogens is 340 g/mol. The van der Waals surface area contributed by atoms with Gasteiger partial charge in [-0.25, -0.2) is 0 Å². The number of rotatable bonds is 3. The van der Waals surface area contributed by atoms with Gasteiger partial charge in [0.2, 0.25) is 0 Å². The molecular formula is C26H32N2. The maximum atomic E-state index is 2.66. The SMILES string of the molecule is Cc1ccccc1N1C(C)N2C=CC(c3ccccc3)(C3CCCC3)C2[C@@H]1C. The normalized spacial score (nSPS) is 32.3. The zero-order chi connectivity index (χ0) is 19.3. The van der Waals surface area contributed by atoms with Crippen LogP contribution in [0.5, 0.6) is 0 Å². The third-order valence-corrected chi connectivity index (χ3v) is 7.76. The lowest BCUT2D eigenvalue weighted by atomic mass is 9.64. The van der Waals surface area contributed by atoms with Crippen molar-refractivity contribution < 1.29 is 0 Å². The molecule has 0 N–H and O–H groups in total. The van der Waals surface area contributed by atoms with Crippen molar-refractivity contribution in [1.29, 1.82) is 0 Å². The summed E-state index contributed by atoms with van der Waals surface area (Å²) in [6.45, 7) is 7.08. The first-order valence-electron chi connectivity index (χ1n) is 11.0. The summed E-state index contributed by atoms with van der Waals surface area (Å²) in [6, 6.07) is 21.2. The van der Waals surface area contributed by atoms with Crippen LogP contribution in [-0.2, 0) is 5.41 Å². The summed E-state index contributed by atoms with van der Waals surface area (Å²) < 4.78 is 0. The number of fused-ring (bicyclic) bond motifs is 1. The van der Waals surface area contributed by atoms with Gasteiger partial charge >= 0.3 is 0 Å². The van der Waals surface area contributed by atoms with Crippen molar-refractivity contribution >= 4 is 5.69 Å². The molecule has 0 aromatic heterocycles. The maximum absolute atomic E-state index is 2.66. The van der Waals surface area contributed by atoms with Crippen LogP contribution in [0.3, 0.4) is 0 Å². The van der Waals surface area contributed by atoms with Crippen molar-refractivity contribution in [2.75, 3.05) is 4.90 Å². The Labute approximate surface area is 169 Å². The molecule has 0 bridgehead atoms. The van der Waals surface area contributed by atoms with Gasteiger partial charge < -0.3 is 9.80 Å². The number of hydrogen-bond acceptors (Lipinski definition) is 2. The standard InChI is InChI=1S/C26H32N2/c1-19-11-7-10-16-24(19)28-20(2)25-26(23-14-8-9-15-23,17-18-27(25)21(28)3)22-12-5-4-6-13-22/h4-7,10-13,16-18,20-21,23,25H,8-9,14-15H2,1-3H3/t20-,21?,25?,26?/m0/s1. The fraction of sp³-hybridized carbons (Fsp3) is 0.462. The first kappa shape index (κ1) is 17.8. The Morgan fingerprint density at radius 2 is 1.57 bits per heavy atom. The second-order valence-electron chi connectivity index (χ2n) is 9.05. The Morgan fingerprint density at radius 3 is 2.29 bits per heavy atom. The third-order valence-electron chi connectivity index (χ3n) is 7.76. The molecule has 2 aromatic rings. The van der Waals surface area contributed by atoms with Crippen LogP contribution < -0.4 is 4.90 Å². The van der Waals surface area contributed by atoms with Gasteiger partial charge in [0.1, 0.15) is 0 Å². The highest BCUT2D eigenvalue weighted by Gasteiger charge is 2.58. The molecule has 2 heterocycles. The summed E-state index contributed by atoms with van der Waals surface area (Å²) >= 11 is 0. The van der Waals surface area contributed by atoms with Crippen molar-refractivity contribution in [3.63, 3.8) is 0 Å². The van der Waals surface area contributed by atoms with Crippen LogP contribution in [0.4, 0.5) is 5.69 Å². The highest BCUT2D eigenvalue weighted by molar-refractivity contribution is 5.58. The summed E-state index contributed by atoms with van der Waals surface area (Å²) in [4.78, 5) is 5.32. The number of para-hydroxylation sites is 1. The lowest BCUT2D eigenvalue weighted by molar-refractivity contribution is 0.186. The monoisotopic (exact) mass is 372 g/mol. The molecule has 4 atom stereocenters. The molecule has 1 saturated carbocycles. The highest BCUT2D eigenvalue weighted by atomic mass is 15.5. The minimum Gasteiger partial charge on any atom is -0.352 e. The van der Waals surface area contributed by atoms with Gasteiger partial charge in [-0.05, 0) is 62.9 Å². The molecule has 1 aliphatic carbocycles. The third kappa shape index (κ3) is 2.40. The lowest BCUT2D eigenvalue weighted by Crippen LogP contribution is -2.50. The molecule has 3 unspecified atom stereocenters. The van der Waals surface area contributed by atoms with Gasteiger partial charge in [0.25, 0.3) is 0 Å². The second kappa shape index (κ2) is 6.69. The van der Waals surface area contributed by atoms with E-state index in [-0.39, 0.29) is 5.41 Å². The molecule has 0 radical (unpaired) electrons. The van der Waals surface area contributed by atoms with Crippen LogP contribution in [0.2, 0.25) is 0 Å². The molecule has 2 heteroatoms. The topological polar surface area (TPSA) is 6.48 Å². The predicted molar refractivity (Wildman–Crippen MR) is 117 cm³/mol. The van der Waals surface area contributed by atoms with Crippen LogP contribution >= 0.6 is 0 Å². The van der Waals surface area contributed by atoms with E-state index in [0.717, 1.165) is 5.92 Å². The highest BCUT2D eigenvalue weighted by Crippen LogP contribution is 2.54. The smallest absolute Gasteiger partial charge is 0.0989 e. The fourth-order valence-electron chi connectivity index (χ4n) is 6.57. The molecule has 2 fully saturated rings. The van der Waals surface area contributed by atoms with Gasteiger partial charge in [-0.2, -0.15) is 0 Å². The number of hydrogen-bond donors (Lipinski definition) is 0. The Kier molecular flexibility index (Phi) is 4.26. The molecule has 2 nitrogen and oxygen atoms in total. The van der Waals surface area contributed by atoms with Gasteiger partial charge in [-0.1, -0.05) is 67.4 Å². The van der Waals surface area contributed by atoms with Crippen molar-refractivity contribution in [2.45, 2.75) is 70.1 Å². The van der Waals surface area contributed by atoms with Gasteiger partial charge in [-0.3, -0.25) is 0 Å². The number of benzene rings is 2. The molecule has 3 aliphatic rings. The Hall–Kier alpha value is -2.22. The van der Waals surface area contributed by atoms with Crippen LogP contribution in [-0.4, -0.2) is 23.1 Å². The van der Waals surface area contributed by atoms with Crippen molar-refractivity contribution in [3.8, 4) is 0 Å². The fourth-order valence-corrected chi connectivity index (χ4v) is 6.57. The first-order chi connectivity index (χ1) is 13.6. The van der Waals surface area contributed by atoms with Gasteiger partial charge in [0.05, 0.1) is 12.2 Å². The quantitative estimate of drug-likeness (QED) is 0.664. The van der Waals surface area contributed by atoms with Crippen LogP contribution in [0, 0.1) is 12.8 Å². The molecule has 146 valence electrons. The molecule has 2 aliphatic heterocycles. The summed E-state index contributed by atoms with van der Waals surface area (Å²) in [7, 11) is 0. The van der Waals surface area contributed by atoms with Crippen molar-refractivity contribution in [1.82, 2.24) is 4.90 Å². The Bertz CT molecular complexity index is 867. The minimum atomic E-state index is 0.128. The molecule has 28 heavy (non-hydrogen) atoms. The second-order valence-corrected chi connectivity index (χ2v) is 9.05. The van der Waals surface area contributed by atoms with E-state index in [1.165, 1.54) is 42.5 Å². The van der Waals surface area contributed by atoms with E-state index in [2.05, 4.69) is 97.4 Å². The molecule has 2 aromatic carbocycles. The Morgan fingerprint density at radius 1 is 0.893 bits per heavy atom. The largest absolute Gasteiger partial charge is 0.352 e. The zero-order valence-corrected chi connectivity index (χ0v) is 17.4. The summed E-state index contributed by atoms with van der Waals surface area (Å²) in [5, 5.41) is 0. The van der Waals surface area contributed by atoms with Crippen molar-refractivity contribution in [2.24, 2.45) is 5.92 Å². The summed E-state index contributed by atoms with van der Waals surface area (Å²) in [5.41, 5.74) is 4.40. The Balaban J connectivity index is 1.62. The van der Waals surface area contributed by atoms with Crippen molar-refractivity contribution in [3.05, 3.63) is 78.0 Å². The number of anilines is 1. The first-order valence-corrected chi connectivity index (χ1v) is 11.0. The summed E-state index contributed by atoms with van der Waals surface area (Å²) in [6.07, 6.45) is 10.9. The van der Waals surface area contributed by atoms with E-state index in [0.29, 0.717) is 18.2 Å². The molecule has 1 saturated heterocycles. The van der Waals surface area contributed by atoms with E-state index in [1.54, 1.807) is 0 Å². The van der Waals surface area contributed by atoms with Gasteiger partial charge in [0, 0.05) is 17.1 Å². The van der Waals surface area contributed by atoms with E-state index >= 15 is 0 Å². The molecule has 5 rings (SSSR count). The summed E-state index contributed by atoms with van der Waals surface area (Å²) in [5.74, 6) is 0.743. The average molecular weight is 373 g/mol. The zero-order valence-electron chi connectivity index (χ0n) is 17.4. The van der Waals surface area contributed by atoms with Crippen LogP contribution in [0.1, 0.15) is 50.7 Å². The van der Waals surface area contributed by atoms with E-state index in [1.807, 2.05) is 0 Å². The van der Waals surface area contributed by atoms with E-state index < -0.39 is 0 Å². The van der Waals surface area contributed by atoms with Crippen LogP contribution in [0.25, 0.3) is 0 Å². The van der Waals surface area contributed by atoms with E-state index in [9.17, 15) is 0 Å². The van der Waals surface area contributed by atoms with Gasteiger partial charge in [0.15, 0.2) is 0 Å². The number of aryl methyl sites for hydroxylation is 1. The predicted octanol–water partition coefficient (Wildman–Crippen LogP) is 5.88. The average Bonchev–Trinajstić information content (AvgIpc) is 3.43. The number of nitrogens with zero attached hydrogens (tertiary/aromatic N) is 2. The molecule has 0 spiro atoms. The molecule has 0 amide bonds. The van der Waals surface area contributed by atoms with Gasteiger partial charge in [-0.15, -0.1) is 0 Å². The minimum absolute atomic E-state index is 0.128.